The van der Waals surface area contributed by atoms with Gasteiger partial charge in [-0.1, -0.05) is 12.1 Å². The van der Waals surface area contributed by atoms with Gasteiger partial charge in [0, 0.05) is 17.7 Å². The molecule has 0 amide bonds. The highest BCUT2D eigenvalue weighted by Crippen LogP contribution is 2.28. The monoisotopic (exact) mass is 403 g/mol. The highest BCUT2D eigenvalue weighted by molar-refractivity contribution is 5.92. The number of nitriles is 1. The van der Waals surface area contributed by atoms with Crippen LogP contribution in [0.2, 0.25) is 0 Å². The summed E-state index contributed by atoms with van der Waals surface area (Å²) in [5, 5.41) is 8.61. The number of rotatable bonds is 3. The molecule has 0 heterocycles. The van der Waals surface area contributed by atoms with Crippen LogP contribution in [0.1, 0.15) is 21.5 Å². The van der Waals surface area contributed by atoms with Crippen LogP contribution in [0.3, 0.4) is 0 Å². The minimum absolute atomic E-state index is 0.0791. The van der Waals surface area contributed by atoms with E-state index in [1.807, 2.05) is 0 Å². The molecule has 0 spiro atoms. The molecule has 0 bridgehead atoms. The second kappa shape index (κ2) is 7.72. The Morgan fingerprint density at radius 1 is 0.862 bits per heavy atom. The van der Waals surface area contributed by atoms with Crippen LogP contribution in [0.25, 0.3) is 11.1 Å². The first-order chi connectivity index (χ1) is 13.7. The number of aryl methyl sites for hydroxylation is 1. The van der Waals surface area contributed by atoms with Gasteiger partial charge in [0.15, 0.2) is 0 Å². The molecular formula is C21H10F5NO2. The number of hydrogen-bond acceptors (Lipinski definition) is 3. The second-order valence-electron chi connectivity index (χ2n) is 6.06. The van der Waals surface area contributed by atoms with Crippen molar-refractivity contribution in [1.82, 2.24) is 0 Å². The Morgan fingerprint density at radius 3 is 1.97 bits per heavy atom. The van der Waals surface area contributed by atoms with Gasteiger partial charge in [-0.15, -0.1) is 0 Å². The van der Waals surface area contributed by atoms with Crippen molar-refractivity contribution in [2.75, 3.05) is 0 Å². The van der Waals surface area contributed by atoms with Gasteiger partial charge in [-0.3, -0.25) is 0 Å². The van der Waals surface area contributed by atoms with Crippen molar-refractivity contribution >= 4 is 5.97 Å². The predicted molar refractivity (Wildman–Crippen MR) is 92.5 cm³/mol. The Bertz CT molecular complexity index is 1140. The normalized spacial score (nSPS) is 10.5. The Labute approximate surface area is 161 Å². The van der Waals surface area contributed by atoms with Crippen LogP contribution in [0, 0.1) is 47.3 Å². The molecule has 0 fully saturated rings. The van der Waals surface area contributed by atoms with E-state index < -0.39 is 51.9 Å². The zero-order valence-electron chi connectivity index (χ0n) is 14.7. The Balaban J connectivity index is 1.95. The molecule has 0 radical (unpaired) electrons. The van der Waals surface area contributed by atoms with Crippen LogP contribution < -0.4 is 4.74 Å². The van der Waals surface area contributed by atoms with Crippen molar-refractivity contribution in [3.05, 3.63) is 88.2 Å². The SMILES string of the molecule is Cc1ccc(-c2cc(F)c(C(=O)Oc3cc(F)c(C#N)c(F)c3)c(F)c2)c(F)c1. The minimum Gasteiger partial charge on any atom is -0.423 e. The first kappa shape index (κ1) is 20.0. The molecule has 3 aromatic rings. The van der Waals surface area contributed by atoms with E-state index in [1.165, 1.54) is 18.2 Å². The number of hydrogen-bond donors (Lipinski definition) is 0. The standard InChI is InChI=1S/C21H10F5NO2/c1-10-2-3-13(15(22)4-10)11-5-18(25)20(19(26)6-11)21(28)29-12-7-16(23)14(9-27)17(24)8-12/h2-8H,1H3. The molecule has 0 saturated heterocycles. The number of benzene rings is 3. The maximum atomic E-state index is 14.4. The van der Waals surface area contributed by atoms with Crippen molar-refractivity contribution in [2.24, 2.45) is 0 Å². The van der Waals surface area contributed by atoms with Crippen LogP contribution in [0.5, 0.6) is 5.75 Å². The lowest BCUT2D eigenvalue weighted by Gasteiger charge is -2.10. The lowest BCUT2D eigenvalue weighted by Crippen LogP contribution is -2.14. The molecule has 3 rings (SSSR count). The third-order valence-corrected chi connectivity index (χ3v) is 4.02. The largest absolute Gasteiger partial charge is 0.423 e. The Morgan fingerprint density at radius 2 is 1.45 bits per heavy atom. The van der Waals surface area contributed by atoms with Gasteiger partial charge in [0.25, 0.3) is 0 Å². The van der Waals surface area contributed by atoms with Crippen molar-refractivity contribution in [2.45, 2.75) is 6.92 Å². The van der Waals surface area contributed by atoms with Crippen LogP contribution in [0.15, 0.2) is 42.5 Å². The van der Waals surface area contributed by atoms with Gasteiger partial charge < -0.3 is 4.74 Å². The molecule has 0 aliphatic rings. The molecule has 0 saturated carbocycles. The Kier molecular flexibility index (Phi) is 5.33. The molecule has 146 valence electrons. The summed E-state index contributed by atoms with van der Waals surface area (Å²) < 4.78 is 74.6. The average Bonchev–Trinajstić information content (AvgIpc) is 2.60. The molecule has 29 heavy (non-hydrogen) atoms. The summed E-state index contributed by atoms with van der Waals surface area (Å²) >= 11 is 0. The number of carbonyl (C=O) groups is 1. The molecule has 0 unspecified atom stereocenters. The van der Waals surface area contributed by atoms with Gasteiger partial charge >= 0.3 is 5.97 Å². The maximum Gasteiger partial charge on any atom is 0.349 e. The van der Waals surface area contributed by atoms with Gasteiger partial charge in [-0.05, 0) is 36.2 Å². The smallest absolute Gasteiger partial charge is 0.349 e. The fourth-order valence-corrected chi connectivity index (χ4v) is 2.65. The van der Waals surface area contributed by atoms with E-state index in [0.717, 1.165) is 12.1 Å². The van der Waals surface area contributed by atoms with Crippen LogP contribution >= 0.6 is 0 Å². The van der Waals surface area contributed by atoms with E-state index in [4.69, 9.17) is 5.26 Å². The summed E-state index contributed by atoms with van der Waals surface area (Å²) in [4.78, 5) is 12.1. The molecule has 0 aliphatic carbocycles. The van der Waals surface area contributed by atoms with E-state index in [9.17, 15) is 26.7 Å². The molecule has 0 N–H and O–H groups in total. The van der Waals surface area contributed by atoms with E-state index >= 15 is 0 Å². The molecule has 0 aromatic heterocycles. The van der Waals surface area contributed by atoms with Crippen molar-refractivity contribution in [3.8, 4) is 22.9 Å². The highest BCUT2D eigenvalue weighted by Gasteiger charge is 2.23. The number of ether oxygens (including phenoxy) is 1. The van der Waals surface area contributed by atoms with Gasteiger partial charge in [-0.25, -0.2) is 26.7 Å². The predicted octanol–water partition coefficient (Wildman–Crippen LogP) is 5.45. The topological polar surface area (TPSA) is 50.1 Å². The summed E-state index contributed by atoms with van der Waals surface area (Å²) in [5.74, 6) is -8.25. The summed E-state index contributed by atoms with van der Waals surface area (Å²) in [7, 11) is 0. The molecule has 0 atom stereocenters. The molecule has 3 nitrogen and oxygen atoms in total. The number of carbonyl (C=O) groups excluding carboxylic acids is 1. The molecular weight excluding hydrogens is 393 g/mol. The average molecular weight is 403 g/mol. The zero-order chi connectivity index (χ0) is 21.3. The first-order valence-corrected chi connectivity index (χ1v) is 8.08. The lowest BCUT2D eigenvalue weighted by molar-refractivity contribution is 0.0724. The number of esters is 1. The van der Waals surface area contributed by atoms with Crippen LogP contribution in [0.4, 0.5) is 22.0 Å². The van der Waals surface area contributed by atoms with Crippen LogP contribution in [-0.4, -0.2) is 5.97 Å². The first-order valence-electron chi connectivity index (χ1n) is 8.08. The highest BCUT2D eigenvalue weighted by atomic mass is 19.1. The minimum atomic E-state index is -1.56. The van der Waals surface area contributed by atoms with E-state index in [1.54, 1.807) is 13.0 Å². The van der Waals surface area contributed by atoms with E-state index in [-0.39, 0.29) is 11.1 Å². The fraction of sp³-hybridized carbons (Fsp3) is 0.0476. The third-order valence-electron chi connectivity index (χ3n) is 4.02. The van der Waals surface area contributed by atoms with Crippen LogP contribution in [-0.2, 0) is 0 Å². The van der Waals surface area contributed by atoms with Gasteiger partial charge in [-0.2, -0.15) is 5.26 Å². The van der Waals surface area contributed by atoms with Gasteiger partial charge in [0.1, 0.15) is 52.0 Å². The van der Waals surface area contributed by atoms with Crippen molar-refractivity contribution < 1.29 is 31.5 Å². The summed E-state index contributed by atoms with van der Waals surface area (Å²) in [6, 6.07) is 7.90. The lowest BCUT2D eigenvalue weighted by atomic mass is 10.0. The summed E-state index contributed by atoms with van der Waals surface area (Å²) in [5.41, 5.74) is -1.64. The van der Waals surface area contributed by atoms with E-state index in [2.05, 4.69) is 4.74 Å². The number of halogens is 5. The van der Waals surface area contributed by atoms with Crippen molar-refractivity contribution in [1.29, 1.82) is 5.26 Å². The summed E-state index contributed by atoms with van der Waals surface area (Å²) in [6.45, 7) is 1.64. The summed E-state index contributed by atoms with van der Waals surface area (Å²) in [6.07, 6.45) is 0. The second-order valence-corrected chi connectivity index (χ2v) is 6.06. The van der Waals surface area contributed by atoms with Gasteiger partial charge in [0.05, 0.1) is 0 Å². The Hall–Kier alpha value is -3.73. The van der Waals surface area contributed by atoms with E-state index in [0.29, 0.717) is 17.7 Å². The maximum absolute atomic E-state index is 14.4. The van der Waals surface area contributed by atoms with Crippen molar-refractivity contribution in [3.63, 3.8) is 0 Å². The zero-order valence-corrected chi connectivity index (χ0v) is 14.7. The van der Waals surface area contributed by atoms with Gasteiger partial charge in [0.2, 0.25) is 0 Å². The molecule has 0 aliphatic heterocycles. The number of nitrogens with zero attached hydrogens (tertiary/aromatic N) is 1. The quantitative estimate of drug-likeness (QED) is 0.332. The molecule has 3 aromatic carbocycles. The molecule has 8 heteroatoms. The third kappa shape index (κ3) is 3.94. The fourth-order valence-electron chi connectivity index (χ4n) is 2.65.